The van der Waals surface area contributed by atoms with E-state index < -0.39 is 24.1 Å². The number of esters is 1. The van der Waals surface area contributed by atoms with Gasteiger partial charge in [0.1, 0.15) is 0 Å². The van der Waals surface area contributed by atoms with Crippen LogP contribution in [-0.4, -0.2) is 40.9 Å². The summed E-state index contributed by atoms with van der Waals surface area (Å²) in [5.74, 6) is -2.34. The summed E-state index contributed by atoms with van der Waals surface area (Å²) >= 11 is 0. The average molecular weight is 393 g/mol. The van der Waals surface area contributed by atoms with E-state index in [2.05, 4.69) is 0 Å². The van der Waals surface area contributed by atoms with Crippen LogP contribution in [-0.2, 0) is 25.7 Å². The molecule has 1 atom stereocenters. The maximum atomic E-state index is 13.4. The summed E-state index contributed by atoms with van der Waals surface area (Å²) in [6, 6.07) is 15.8. The molecule has 3 amide bonds. The van der Waals surface area contributed by atoms with Crippen molar-refractivity contribution in [3.8, 4) is 0 Å². The third kappa shape index (κ3) is 2.93. The van der Waals surface area contributed by atoms with E-state index in [0.29, 0.717) is 11.3 Å². The Labute approximate surface area is 166 Å². The zero-order valence-corrected chi connectivity index (χ0v) is 15.5. The molecule has 1 fully saturated rings. The highest BCUT2D eigenvalue weighted by Gasteiger charge is 2.62. The number of carbonyl (C=O) groups is 4. The highest BCUT2D eigenvalue weighted by molar-refractivity contribution is 6.15. The fraction of sp³-hybridized carbons (Fsp3) is 0.238. The van der Waals surface area contributed by atoms with Crippen LogP contribution in [0.2, 0.25) is 0 Å². The van der Waals surface area contributed by atoms with E-state index in [1.54, 1.807) is 24.3 Å². The van der Waals surface area contributed by atoms with Gasteiger partial charge in [-0.25, -0.2) is 4.79 Å². The van der Waals surface area contributed by atoms with Crippen molar-refractivity contribution < 1.29 is 23.9 Å². The molecular formula is C21H19N3O5. The fourth-order valence-corrected chi connectivity index (χ4v) is 3.99. The molecule has 0 spiro atoms. The van der Waals surface area contributed by atoms with E-state index in [0.717, 1.165) is 5.56 Å². The van der Waals surface area contributed by atoms with Crippen LogP contribution in [0.3, 0.4) is 0 Å². The Hall–Kier alpha value is -3.68. The maximum Gasteiger partial charge on any atom is 0.354 e. The van der Waals surface area contributed by atoms with Gasteiger partial charge in [-0.3, -0.25) is 19.3 Å². The van der Waals surface area contributed by atoms with E-state index in [9.17, 15) is 19.2 Å². The van der Waals surface area contributed by atoms with Gasteiger partial charge in [-0.2, -0.15) is 0 Å². The molecule has 0 unspecified atom stereocenters. The van der Waals surface area contributed by atoms with Crippen LogP contribution in [0.4, 0.5) is 5.69 Å². The van der Waals surface area contributed by atoms with Crippen molar-refractivity contribution in [3.05, 3.63) is 65.7 Å². The zero-order chi connectivity index (χ0) is 20.6. The van der Waals surface area contributed by atoms with Gasteiger partial charge in [0.2, 0.25) is 11.6 Å². The van der Waals surface area contributed by atoms with E-state index >= 15 is 0 Å². The number of nitrogens with zero attached hydrogens (tertiary/aromatic N) is 2. The van der Waals surface area contributed by atoms with Crippen molar-refractivity contribution in [1.29, 1.82) is 0 Å². The molecule has 0 aliphatic carbocycles. The van der Waals surface area contributed by atoms with E-state index in [1.165, 1.54) is 9.80 Å². The topological polar surface area (TPSA) is 110 Å². The number of para-hydroxylation sites is 1. The normalized spacial score (nSPS) is 20.3. The zero-order valence-electron chi connectivity index (χ0n) is 15.5. The molecule has 8 heteroatoms. The van der Waals surface area contributed by atoms with Gasteiger partial charge in [-0.05, 0) is 17.7 Å². The summed E-state index contributed by atoms with van der Waals surface area (Å²) in [5.41, 5.74) is 4.94. The molecule has 29 heavy (non-hydrogen) atoms. The van der Waals surface area contributed by atoms with E-state index in [1.807, 2.05) is 30.3 Å². The lowest BCUT2D eigenvalue weighted by molar-refractivity contribution is -0.159. The lowest BCUT2D eigenvalue weighted by atomic mass is 9.95. The summed E-state index contributed by atoms with van der Waals surface area (Å²) in [6.45, 7) is -0.527. The summed E-state index contributed by atoms with van der Waals surface area (Å²) in [4.78, 5) is 53.3. The van der Waals surface area contributed by atoms with Crippen molar-refractivity contribution in [2.75, 3.05) is 11.5 Å². The van der Waals surface area contributed by atoms with Crippen LogP contribution in [0.25, 0.3) is 0 Å². The number of nitrogens with two attached hydrogens (primary N) is 1. The molecule has 0 aromatic heterocycles. The predicted octanol–water partition coefficient (Wildman–Crippen LogP) is 1.19. The van der Waals surface area contributed by atoms with E-state index in [-0.39, 0.29) is 31.2 Å². The molecule has 0 bridgehead atoms. The van der Waals surface area contributed by atoms with Crippen LogP contribution in [0.15, 0.2) is 54.6 Å². The molecule has 8 nitrogen and oxygen atoms in total. The Bertz CT molecular complexity index is 1010. The number of primary amides is 1. The van der Waals surface area contributed by atoms with Crippen LogP contribution in [0.5, 0.6) is 0 Å². The standard InChI is InChI=1S/C21H19N3O5/c22-17(25)13-29-20(28)21-11-10-18(26)24(21)16-9-5-4-8-15(16)19(27)23(21)12-14-6-2-1-3-7-14/h1-9H,10-13H2,(H2,22,25)/t21-/m1/s1. The number of carbonyl (C=O) groups excluding carboxylic acids is 4. The first-order valence-corrected chi connectivity index (χ1v) is 9.18. The maximum absolute atomic E-state index is 13.4. The molecule has 2 aliphatic heterocycles. The van der Waals surface area contributed by atoms with Gasteiger partial charge in [0, 0.05) is 19.4 Å². The number of benzene rings is 2. The molecule has 0 saturated carbocycles. The van der Waals surface area contributed by atoms with Crippen molar-refractivity contribution in [2.24, 2.45) is 5.73 Å². The van der Waals surface area contributed by atoms with Gasteiger partial charge in [0.05, 0.1) is 11.3 Å². The number of fused-ring (bicyclic) bond motifs is 3. The first kappa shape index (κ1) is 18.7. The van der Waals surface area contributed by atoms with Crippen molar-refractivity contribution in [2.45, 2.75) is 25.0 Å². The van der Waals surface area contributed by atoms with Crippen LogP contribution in [0.1, 0.15) is 28.8 Å². The summed E-state index contributed by atoms with van der Waals surface area (Å²) in [6.07, 6.45) is 0.134. The molecule has 2 aliphatic rings. The third-order valence-electron chi connectivity index (χ3n) is 5.23. The largest absolute Gasteiger partial charge is 0.452 e. The Morgan fingerprint density at radius 2 is 1.72 bits per heavy atom. The number of anilines is 1. The lowest BCUT2D eigenvalue weighted by Crippen LogP contribution is -2.68. The first-order chi connectivity index (χ1) is 13.9. The average Bonchev–Trinajstić information content (AvgIpc) is 3.08. The van der Waals surface area contributed by atoms with E-state index in [4.69, 9.17) is 10.5 Å². The molecule has 148 valence electrons. The number of hydrogen-bond donors (Lipinski definition) is 1. The second kappa shape index (κ2) is 7.05. The SMILES string of the molecule is NC(=O)COC(=O)[C@@]12CCC(=O)N1c1ccccc1C(=O)N2Cc1ccccc1. The minimum Gasteiger partial charge on any atom is -0.452 e. The molecule has 4 rings (SSSR count). The number of hydrogen-bond acceptors (Lipinski definition) is 5. The van der Waals surface area contributed by atoms with Gasteiger partial charge in [-0.1, -0.05) is 42.5 Å². The van der Waals surface area contributed by atoms with Gasteiger partial charge < -0.3 is 15.4 Å². The van der Waals surface area contributed by atoms with Crippen molar-refractivity contribution >= 4 is 29.4 Å². The number of rotatable bonds is 5. The number of amides is 3. The minimum absolute atomic E-state index is 0.0658. The predicted molar refractivity (Wildman–Crippen MR) is 102 cm³/mol. The van der Waals surface area contributed by atoms with Gasteiger partial charge in [0.25, 0.3) is 11.8 Å². The van der Waals surface area contributed by atoms with Gasteiger partial charge in [0.15, 0.2) is 6.61 Å². The summed E-state index contributed by atoms with van der Waals surface area (Å²) in [5, 5.41) is 0. The lowest BCUT2D eigenvalue weighted by Gasteiger charge is -2.48. The second-order valence-corrected chi connectivity index (χ2v) is 6.98. The Balaban J connectivity index is 1.86. The highest BCUT2D eigenvalue weighted by atomic mass is 16.5. The van der Waals surface area contributed by atoms with Crippen molar-refractivity contribution in [3.63, 3.8) is 0 Å². The van der Waals surface area contributed by atoms with Crippen LogP contribution >= 0.6 is 0 Å². The molecule has 2 aromatic rings. The van der Waals surface area contributed by atoms with Crippen molar-refractivity contribution in [1.82, 2.24) is 4.90 Å². The monoisotopic (exact) mass is 393 g/mol. The van der Waals surface area contributed by atoms with Crippen LogP contribution in [0, 0.1) is 0 Å². The molecule has 1 saturated heterocycles. The quantitative estimate of drug-likeness (QED) is 0.768. The highest BCUT2D eigenvalue weighted by Crippen LogP contribution is 2.45. The third-order valence-corrected chi connectivity index (χ3v) is 5.23. The fourth-order valence-electron chi connectivity index (χ4n) is 3.99. The number of ether oxygens (including phenoxy) is 1. The Morgan fingerprint density at radius 3 is 2.45 bits per heavy atom. The molecule has 0 radical (unpaired) electrons. The minimum atomic E-state index is -1.66. The molecule has 2 N–H and O–H groups in total. The molecule has 2 heterocycles. The van der Waals surface area contributed by atoms with Gasteiger partial charge >= 0.3 is 5.97 Å². The Morgan fingerprint density at radius 1 is 1.03 bits per heavy atom. The van der Waals surface area contributed by atoms with Gasteiger partial charge in [-0.15, -0.1) is 0 Å². The van der Waals surface area contributed by atoms with Crippen LogP contribution < -0.4 is 10.6 Å². The second-order valence-electron chi connectivity index (χ2n) is 6.98. The molecule has 2 aromatic carbocycles. The first-order valence-electron chi connectivity index (χ1n) is 9.18. The smallest absolute Gasteiger partial charge is 0.354 e. The Kier molecular flexibility index (Phi) is 4.54. The summed E-state index contributed by atoms with van der Waals surface area (Å²) < 4.78 is 5.13. The summed E-state index contributed by atoms with van der Waals surface area (Å²) in [7, 11) is 0. The molecular weight excluding hydrogens is 374 g/mol.